The van der Waals surface area contributed by atoms with Gasteiger partial charge in [-0.25, -0.2) is 0 Å². The van der Waals surface area contributed by atoms with Crippen LogP contribution in [0.25, 0.3) is 0 Å². The van der Waals surface area contributed by atoms with E-state index in [1.54, 1.807) is 7.11 Å². The molecular formula is C15H22O5. The molecule has 0 aliphatic carbocycles. The summed E-state index contributed by atoms with van der Waals surface area (Å²) in [6, 6.07) is 9.91. The van der Waals surface area contributed by atoms with Gasteiger partial charge in [-0.3, -0.25) is 0 Å². The minimum atomic E-state index is -0.283. The van der Waals surface area contributed by atoms with Crippen LogP contribution in [-0.4, -0.2) is 52.9 Å². The van der Waals surface area contributed by atoms with Gasteiger partial charge in [0.25, 0.3) is 0 Å². The van der Waals surface area contributed by atoms with Crippen LogP contribution in [0.1, 0.15) is 11.9 Å². The first-order chi connectivity index (χ1) is 9.90. The largest absolute Gasteiger partial charge is 0.382 e. The molecule has 0 N–H and O–H groups in total. The second-order valence-corrected chi connectivity index (χ2v) is 4.51. The molecule has 1 fully saturated rings. The van der Waals surface area contributed by atoms with Crippen molar-refractivity contribution in [2.24, 2.45) is 0 Å². The summed E-state index contributed by atoms with van der Waals surface area (Å²) in [5, 5.41) is 0. The van der Waals surface area contributed by atoms with Gasteiger partial charge in [0, 0.05) is 12.7 Å². The predicted octanol–water partition coefficient (Wildman–Crippen LogP) is 1.78. The highest BCUT2D eigenvalue weighted by Crippen LogP contribution is 2.23. The number of benzene rings is 1. The zero-order valence-electron chi connectivity index (χ0n) is 11.8. The average molecular weight is 282 g/mol. The molecule has 0 bridgehead atoms. The molecular weight excluding hydrogens is 260 g/mol. The van der Waals surface area contributed by atoms with Gasteiger partial charge in [0.2, 0.25) is 0 Å². The lowest BCUT2D eigenvalue weighted by Gasteiger charge is -2.29. The van der Waals surface area contributed by atoms with E-state index in [1.165, 1.54) is 0 Å². The van der Waals surface area contributed by atoms with E-state index in [2.05, 4.69) is 0 Å². The van der Waals surface area contributed by atoms with E-state index in [0.29, 0.717) is 39.6 Å². The lowest BCUT2D eigenvalue weighted by atomic mass is 10.2. The third-order valence-corrected chi connectivity index (χ3v) is 2.95. The van der Waals surface area contributed by atoms with Crippen LogP contribution in [0.5, 0.6) is 0 Å². The highest BCUT2D eigenvalue weighted by atomic mass is 16.7. The lowest BCUT2D eigenvalue weighted by Crippen LogP contribution is -2.34. The Morgan fingerprint density at radius 2 is 1.70 bits per heavy atom. The molecule has 0 saturated carbocycles. The normalized spacial score (nSPS) is 22.9. The van der Waals surface area contributed by atoms with Crippen LogP contribution in [0.15, 0.2) is 30.3 Å². The maximum Gasteiger partial charge on any atom is 0.184 e. The summed E-state index contributed by atoms with van der Waals surface area (Å²) in [6.45, 7) is 3.37. The Morgan fingerprint density at radius 3 is 2.40 bits per heavy atom. The van der Waals surface area contributed by atoms with E-state index in [0.717, 1.165) is 5.56 Å². The van der Waals surface area contributed by atoms with E-state index in [9.17, 15) is 0 Å². The van der Waals surface area contributed by atoms with Crippen molar-refractivity contribution in [3.63, 3.8) is 0 Å². The zero-order chi connectivity index (χ0) is 14.0. The smallest absolute Gasteiger partial charge is 0.184 e. The first-order valence-electron chi connectivity index (χ1n) is 6.86. The first kappa shape index (κ1) is 15.4. The summed E-state index contributed by atoms with van der Waals surface area (Å²) in [7, 11) is 1.65. The second-order valence-electron chi connectivity index (χ2n) is 4.51. The van der Waals surface area contributed by atoms with Gasteiger partial charge in [0.1, 0.15) is 6.10 Å². The number of methoxy groups -OCH3 is 1. The standard InChI is InChI=1S/C15H22O5/c1-16-7-8-17-9-10-18-14-11-19-15(20-12-14)13-5-3-2-4-6-13/h2-6,14-15H,7-12H2,1H3. The molecule has 1 aromatic rings. The van der Waals surface area contributed by atoms with Crippen molar-refractivity contribution in [3.8, 4) is 0 Å². The third-order valence-electron chi connectivity index (χ3n) is 2.95. The molecule has 2 rings (SSSR count). The van der Waals surface area contributed by atoms with Gasteiger partial charge in [0.15, 0.2) is 6.29 Å². The average Bonchev–Trinajstić information content (AvgIpc) is 2.52. The molecule has 1 aliphatic rings. The van der Waals surface area contributed by atoms with Crippen molar-refractivity contribution in [2.75, 3.05) is 46.8 Å². The summed E-state index contributed by atoms with van der Waals surface area (Å²) in [4.78, 5) is 0. The van der Waals surface area contributed by atoms with Gasteiger partial charge in [0.05, 0.1) is 39.6 Å². The van der Waals surface area contributed by atoms with Gasteiger partial charge >= 0.3 is 0 Å². The van der Waals surface area contributed by atoms with Crippen molar-refractivity contribution in [3.05, 3.63) is 35.9 Å². The van der Waals surface area contributed by atoms with Gasteiger partial charge in [-0.1, -0.05) is 30.3 Å². The molecule has 1 saturated heterocycles. The zero-order valence-corrected chi connectivity index (χ0v) is 11.8. The molecule has 0 radical (unpaired) electrons. The predicted molar refractivity (Wildman–Crippen MR) is 73.5 cm³/mol. The molecule has 5 nitrogen and oxygen atoms in total. The van der Waals surface area contributed by atoms with Crippen molar-refractivity contribution >= 4 is 0 Å². The van der Waals surface area contributed by atoms with E-state index < -0.39 is 0 Å². The van der Waals surface area contributed by atoms with Crippen molar-refractivity contribution in [2.45, 2.75) is 12.4 Å². The molecule has 0 spiro atoms. The van der Waals surface area contributed by atoms with Gasteiger partial charge < -0.3 is 23.7 Å². The highest BCUT2D eigenvalue weighted by molar-refractivity contribution is 5.16. The van der Waals surface area contributed by atoms with Crippen molar-refractivity contribution in [1.82, 2.24) is 0 Å². The fraction of sp³-hybridized carbons (Fsp3) is 0.600. The Hall–Kier alpha value is -0.980. The number of ether oxygens (including phenoxy) is 5. The monoisotopic (exact) mass is 282 g/mol. The summed E-state index contributed by atoms with van der Waals surface area (Å²) in [5.74, 6) is 0. The van der Waals surface area contributed by atoms with Crippen LogP contribution < -0.4 is 0 Å². The molecule has 0 aromatic heterocycles. The number of hydrogen-bond acceptors (Lipinski definition) is 5. The molecule has 0 unspecified atom stereocenters. The summed E-state index contributed by atoms with van der Waals surface area (Å²) in [6.07, 6.45) is -0.310. The summed E-state index contributed by atoms with van der Waals surface area (Å²) in [5.41, 5.74) is 1.04. The Bertz CT molecular complexity index is 349. The van der Waals surface area contributed by atoms with Crippen LogP contribution in [0, 0.1) is 0 Å². The molecule has 0 amide bonds. The fourth-order valence-corrected chi connectivity index (χ4v) is 1.90. The minimum absolute atomic E-state index is 0.0269. The van der Waals surface area contributed by atoms with Gasteiger partial charge in [-0.05, 0) is 0 Å². The van der Waals surface area contributed by atoms with Gasteiger partial charge in [-0.15, -0.1) is 0 Å². The molecule has 0 atom stereocenters. The number of hydrogen-bond donors (Lipinski definition) is 0. The molecule has 1 aromatic carbocycles. The van der Waals surface area contributed by atoms with Crippen LogP contribution in [0.4, 0.5) is 0 Å². The SMILES string of the molecule is COCCOCCOC1COC(c2ccccc2)OC1. The Morgan fingerprint density at radius 1 is 1.00 bits per heavy atom. The van der Waals surface area contributed by atoms with E-state index in [4.69, 9.17) is 23.7 Å². The molecule has 20 heavy (non-hydrogen) atoms. The van der Waals surface area contributed by atoms with Gasteiger partial charge in [-0.2, -0.15) is 0 Å². The molecule has 1 heterocycles. The maximum atomic E-state index is 5.66. The molecule has 112 valence electrons. The quantitative estimate of drug-likeness (QED) is 0.680. The Balaban J connectivity index is 1.58. The van der Waals surface area contributed by atoms with Crippen LogP contribution >= 0.6 is 0 Å². The maximum absolute atomic E-state index is 5.66. The first-order valence-corrected chi connectivity index (χ1v) is 6.86. The van der Waals surface area contributed by atoms with Crippen molar-refractivity contribution in [1.29, 1.82) is 0 Å². The summed E-state index contributed by atoms with van der Waals surface area (Å²) >= 11 is 0. The van der Waals surface area contributed by atoms with Crippen LogP contribution in [0.3, 0.4) is 0 Å². The lowest BCUT2D eigenvalue weighted by molar-refractivity contribution is -0.232. The second kappa shape index (κ2) is 9.05. The fourth-order valence-electron chi connectivity index (χ4n) is 1.90. The summed E-state index contributed by atoms with van der Waals surface area (Å²) < 4.78 is 27.2. The van der Waals surface area contributed by atoms with E-state index in [-0.39, 0.29) is 12.4 Å². The topological polar surface area (TPSA) is 46.2 Å². The van der Waals surface area contributed by atoms with Crippen LogP contribution in [-0.2, 0) is 23.7 Å². The Kier molecular flexibility index (Phi) is 6.97. The Labute approximate surface area is 119 Å². The van der Waals surface area contributed by atoms with E-state index >= 15 is 0 Å². The van der Waals surface area contributed by atoms with Crippen molar-refractivity contribution < 1.29 is 23.7 Å². The molecule has 1 aliphatic heterocycles. The molecule has 5 heteroatoms. The van der Waals surface area contributed by atoms with Crippen LogP contribution in [0.2, 0.25) is 0 Å². The highest BCUT2D eigenvalue weighted by Gasteiger charge is 2.23. The minimum Gasteiger partial charge on any atom is -0.382 e. The van der Waals surface area contributed by atoms with E-state index in [1.807, 2.05) is 30.3 Å². The third kappa shape index (κ3) is 5.19. The number of rotatable bonds is 8.